The third-order valence-corrected chi connectivity index (χ3v) is 4.22. The number of carboxylic acids is 1. The number of hydrogen-bond donors (Lipinski definition) is 2. The van der Waals surface area contributed by atoms with Crippen molar-refractivity contribution in [1.82, 2.24) is 0 Å². The topological polar surface area (TPSA) is 37.3 Å². The van der Waals surface area contributed by atoms with Crippen LogP contribution in [0.25, 0.3) is 0 Å². The number of allylic oxidation sites excluding steroid dienone is 2. The summed E-state index contributed by atoms with van der Waals surface area (Å²) in [7, 11) is -0.722. The van der Waals surface area contributed by atoms with Gasteiger partial charge in [-0.2, -0.15) is 0 Å². The van der Waals surface area contributed by atoms with Gasteiger partial charge in [-0.15, -0.1) is 0 Å². The van der Waals surface area contributed by atoms with Crippen molar-refractivity contribution in [3.05, 3.63) is 57.9 Å². The van der Waals surface area contributed by atoms with E-state index in [1.54, 1.807) is 0 Å². The molecule has 0 aliphatic carbocycles. The van der Waals surface area contributed by atoms with Crippen molar-refractivity contribution in [2.75, 3.05) is 0 Å². The molecule has 0 spiro atoms. The smallest absolute Gasteiger partial charge is 0.336 e. The van der Waals surface area contributed by atoms with E-state index < -0.39 is 28.5 Å². The molecule has 1 heterocycles. The predicted octanol–water partition coefficient (Wildman–Crippen LogP) is 3.21. The zero-order chi connectivity index (χ0) is 12.4. The molecule has 1 aromatic carbocycles. The molecule has 0 atom stereocenters. The minimum atomic E-state index is -1.24. The van der Waals surface area contributed by atoms with E-state index in [2.05, 4.69) is 0 Å². The molecule has 0 unspecified atom stereocenters. The van der Waals surface area contributed by atoms with E-state index in [9.17, 15) is 13.6 Å². The van der Waals surface area contributed by atoms with Gasteiger partial charge in [-0.05, 0) is 22.9 Å². The lowest BCUT2D eigenvalue weighted by Crippen LogP contribution is -2.06. The molecule has 2 rings (SSSR count). The molecule has 0 saturated heterocycles. The van der Waals surface area contributed by atoms with E-state index in [0.717, 1.165) is 12.1 Å². The van der Waals surface area contributed by atoms with Crippen LogP contribution in [0, 0.1) is 11.6 Å². The third kappa shape index (κ3) is 2.39. The zero-order valence-corrected chi connectivity index (χ0v) is 9.62. The van der Waals surface area contributed by atoms with Gasteiger partial charge in [0.1, 0.15) is 0 Å². The van der Waals surface area contributed by atoms with Gasteiger partial charge in [-0.25, -0.2) is 24.5 Å². The minimum Gasteiger partial charge on any atom is -0.478 e. The van der Waals surface area contributed by atoms with Crippen LogP contribution in [0.1, 0.15) is 15.9 Å². The molecule has 0 bridgehead atoms. The van der Waals surface area contributed by atoms with Crippen LogP contribution in [-0.4, -0.2) is 11.1 Å². The maximum absolute atomic E-state index is 13.6. The highest BCUT2D eigenvalue weighted by molar-refractivity contribution is 8.21. The Kier molecular flexibility index (Phi) is 3.28. The predicted molar refractivity (Wildman–Crippen MR) is 64.3 cm³/mol. The van der Waals surface area contributed by atoms with E-state index in [1.807, 2.05) is 23.0 Å². The summed E-state index contributed by atoms with van der Waals surface area (Å²) in [6.07, 6.45) is 3.65. The second kappa shape index (κ2) is 4.71. The van der Waals surface area contributed by atoms with Gasteiger partial charge in [0.15, 0.2) is 11.6 Å². The van der Waals surface area contributed by atoms with Crippen molar-refractivity contribution < 1.29 is 18.7 Å². The lowest BCUT2D eigenvalue weighted by molar-refractivity contribution is 0.0695. The molecule has 0 saturated carbocycles. The normalized spacial score (nSPS) is 15.5. The van der Waals surface area contributed by atoms with Crippen LogP contribution in [0.3, 0.4) is 0 Å². The van der Waals surface area contributed by atoms with Gasteiger partial charge < -0.3 is 5.11 Å². The molecule has 1 aliphatic heterocycles. The van der Waals surface area contributed by atoms with Crippen molar-refractivity contribution >= 4 is 16.9 Å². The monoisotopic (exact) mass is 256 g/mol. The zero-order valence-electron chi connectivity index (χ0n) is 8.73. The second-order valence-electron chi connectivity index (χ2n) is 3.55. The van der Waals surface area contributed by atoms with Crippen molar-refractivity contribution in [3.63, 3.8) is 0 Å². The van der Waals surface area contributed by atoms with Crippen LogP contribution in [0.4, 0.5) is 8.78 Å². The first kappa shape index (κ1) is 11.9. The first-order valence-electron chi connectivity index (χ1n) is 4.90. The fraction of sp³-hybridized carbons (Fsp3) is 0.0833. The van der Waals surface area contributed by atoms with Crippen LogP contribution in [0.5, 0.6) is 0 Å². The van der Waals surface area contributed by atoms with E-state index in [1.165, 1.54) is 0 Å². The molecule has 0 fully saturated rings. The lowest BCUT2D eigenvalue weighted by atomic mass is 10.1. The van der Waals surface area contributed by atoms with E-state index >= 15 is 0 Å². The fourth-order valence-electron chi connectivity index (χ4n) is 1.61. The number of thiol groups is 1. The van der Waals surface area contributed by atoms with Crippen molar-refractivity contribution in [1.29, 1.82) is 0 Å². The summed E-state index contributed by atoms with van der Waals surface area (Å²) in [6.45, 7) is 0. The van der Waals surface area contributed by atoms with E-state index in [-0.39, 0.29) is 16.9 Å². The van der Waals surface area contributed by atoms with Crippen LogP contribution in [0.15, 0.2) is 35.1 Å². The van der Waals surface area contributed by atoms with Crippen molar-refractivity contribution in [2.24, 2.45) is 0 Å². The Hall–Kier alpha value is -1.62. The summed E-state index contributed by atoms with van der Waals surface area (Å²) in [6, 6.07) is 1.95. The molecule has 5 heteroatoms. The summed E-state index contributed by atoms with van der Waals surface area (Å²) in [5, 5.41) is 12.7. The Bertz CT molecular complexity index is 511. The van der Waals surface area contributed by atoms with Crippen LogP contribution < -0.4 is 0 Å². The van der Waals surface area contributed by atoms with Crippen LogP contribution in [0.2, 0.25) is 0 Å². The standard InChI is InChI=1S/C12H10F2O2S/c13-10-4-3-8(12(15)16)9(11(10)14)7-17-5-1-2-6-17/h1-6,17H,7H2,(H,15,16). The van der Waals surface area contributed by atoms with Gasteiger partial charge in [-0.3, -0.25) is 0 Å². The summed E-state index contributed by atoms with van der Waals surface area (Å²) in [5.41, 5.74) is -0.222. The number of benzene rings is 1. The molecule has 0 aromatic heterocycles. The summed E-state index contributed by atoms with van der Waals surface area (Å²) in [4.78, 5) is 10.9. The minimum absolute atomic E-state index is 0.0557. The lowest BCUT2D eigenvalue weighted by Gasteiger charge is -2.13. The Morgan fingerprint density at radius 1 is 1.24 bits per heavy atom. The Morgan fingerprint density at radius 2 is 1.88 bits per heavy atom. The molecular formula is C12H10F2O2S. The molecule has 90 valence electrons. The number of halogens is 2. The fourth-order valence-corrected chi connectivity index (χ4v) is 3.23. The Balaban J connectivity index is 2.41. The number of rotatable bonds is 3. The quantitative estimate of drug-likeness (QED) is 0.815. The summed E-state index contributed by atoms with van der Waals surface area (Å²) >= 11 is 0. The number of carboxylic acid groups (broad SMARTS) is 1. The largest absolute Gasteiger partial charge is 0.478 e. The third-order valence-electron chi connectivity index (χ3n) is 2.43. The highest BCUT2D eigenvalue weighted by Crippen LogP contribution is 2.38. The highest BCUT2D eigenvalue weighted by Gasteiger charge is 2.19. The molecular weight excluding hydrogens is 246 g/mol. The Morgan fingerprint density at radius 3 is 2.47 bits per heavy atom. The molecule has 2 nitrogen and oxygen atoms in total. The molecule has 1 N–H and O–H groups in total. The maximum Gasteiger partial charge on any atom is 0.336 e. The molecule has 17 heavy (non-hydrogen) atoms. The average molecular weight is 256 g/mol. The number of carbonyl (C=O) groups is 1. The number of aromatic carboxylic acids is 1. The van der Waals surface area contributed by atoms with E-state index in [0.29, 0.717) is 0 Å². The first-order chi connectivity index (χ1) is 8.09. The highest BCUT2D eigenvalue weighted by atomic mass is 32.2. The van der Waals surface area contributed by atoms with Crippen LogP contribution in [-0.2, 0) is 5.75 Å². The van der Waals surface area contributed by atoms with Gasteiger partial charge in [0.05, 0.1) is 5.56 Å². The average Bonchev–Trinajstić information content (AvgIpc) is 2.77. The van der Waals surface area contributed by atoms with Crippen LogP contribution >= 0.6 is 10.9 Å². The van der Waals surface area contributed by atoms with Gasteiger partial charge in [0, 0.05) is 11.3 Å². The summed E-state index contributed by atoms with van der Waals surface area (Å²) in [5.74, 6) is -3.08. The van der Waals surface area contributed by atoms with Crippen molar-refractivity contribution in [2.45, 2.75) is 5.75 Å². The van der Waals surface area contributed by atoms with Gasteiger partial charge in [0.2, 0.25) is 0 Å². The number of hydrogen-bond acceptors (Lipinski definition) is 1. The Labute approximate surface area is 99.6 Å². The van der Waals surface area contributed by atoms with Gasteiger partial charge in [-0.1, -0.05) is 12.2 Å². The molecule has 0 radical (unpaired) electrons. The van der Waals surface area contributed by atoms with Gasteiger partial charge >= 0.3 is 5.97 Å². The summed E-state index contributed by atoms with van der Waals surface area (Å²) < 4.78 is 26.7. The van der Waals surface area contributed by atoms with Gasteiger partial charge in [0.25, 0.3) is 0 Å². The maximum atomic E-state index is 13.6. The molecule has 1 aromatic rings. The molecule has 1 aliphatic rings. The second-order valence-corrected chi connectivity index (χ2v) is 5.49. The first-order valence-corrected chi connectivity index (χ1v) is 6.57. The molecule has 0 amide bonds. The SMILES string of the molecule is O=C(O)c1ccc(F)c(F)c1C[SH]1C=CC=C1. The van der Waals surface area contributed by atoms with E-state index in [4.69, 9.17) is 5.11 Å². The van der Waals surface area contributed by atoms with Crippen molar-refractivity contribution in [3.8, 4) is 0 Å².